The largest absolute Gasteiger partial charge is 0.307 e. The average Bonchev–Trinajstić information content (AvgIpc) is 2.30. The molecule has 0 saturated heterocycles. The van der Waals surface area contributed by atoms with Gasteiger partial charge in [-0.1, -0.05) is 44.9 Å². The topological polar surface area (TPSA) is 12.0 Å². The highest BCUT2D eigenvalue weighted by Gasteiger charge is 2.14. The van der Waals surface area contributed by atoms with Crippen LogP contribution < -0.4 is 5.32 Å². The number of benzene rings is 1. The number of nitrogens with one attached hydrogen (secondary N) is 1. The van der Waals surface area contributed by atoms with Crippen molar-refractivity contribution in [2.24, 2.45) is 0 Å². The van der Waals surface area contributed by atoms with E-state index in [0.29, 0.717) is 6.04 Å². The van der Waals surface area contributed by atoms with E-state index < -0.39 is 0 Å². The maximum absolute atomic E-state index is 13.6. The number of hydrogen-bond acceptors (Lipinski definition) is 1. The van der Waals surface area contributed by atoms with Crippen molar-refractivity contribution in [1.82, 2.24) is 5.32 Å². The number of halogens is 1. The van der Waals surface area contributed by atoms with Crippen LogP contribution in [0.3, 0.4) is 0 Å². The van der Waals surface area contributed by atoms with Gasteiger partial charge in [0, 0.05) is 17.6 Å². The molecule has 1 nitrogen and oxygen atoms in total. The summed E-state index contributed by atoms with van der Waals surface area (Å²) < 4.78 is 13.6. The summed E-state index contributed by atoms with van der Waals surface area (Å²) in [6, 6.07) is 7.61. The number of rotatable bonds is 7. The molecule has 1 aromatic rings. The van der Waals surface area contributed by atoms with Crippen LogP contribution in [0.15, 0.2) is 24.3 Å². The molecule has 1 unspecified atom stereocenters. The third-order valence-electron chi connectivity index (χ3n) is 3.13. The van der Waals surface area contributed by atoms with Gasteiger partial charge in [0.25, 0.3) is 0 Å². The van der Waals surface area contributed by atoms with E-state index in [1.165, 1.54) is 18.9 Å². The van der Waals surface area contributed by atoms with Crippen molar-refractivity contribution >= 4 is 0 Å². The van der Waals surface area contributed by atoms with Crippen LogP contribution in [-0.2, 0) is 0 Å². The molecule has 1 atom stereocenters. The lowest BCUT2D eigenvalue weighted by atomic mass is 10.0. The molecule has 0 saturated carbocycles. The Bertz CT molecular complexity index is 318. The molecule has 0 aromatic heterocycles. The first-order chi connectivity index (χ1) is 8.19. The summed E-state index contributed by atoms with van der Waals surface area (Å²) in [5.41, 5.74) is 0.768. The van der Waals surface area contributed by atoms with E-state index in [1.807, 2.05) is 19.1 Å². The van der Waals surface area contributed by atoms with Crippen molar-refractivity contribution in [1.29, 1.82) is 0 Å². The third-order valence-corrected chi connectivity index (χ3v) is 3.13. The maximum atomic E-state index is 13.6. The molecule has 0 amide bonds. The molecule has 1 N–H and O–H groups in total. The van der Waals surface area contributed by atoms with Gasteiger partial charge in [-0.15, -0.1) is 0 Å². The van der Waals surface area contributed by atoms with E-state index in [2.05, 4.69) is 19.2 Å². The SMILES string of the molecule is CCCC(CCC)NC(C)c1ccccc1F. The van der Waals surface area contributed by atoms with Gasteiger partial charge in [0.1, 0.15) is 5.82 Å². The Kier molecular flexibility index (Phi) is 6.20. The molecule has 0 fully saturated rings. The molecule has 1 aromatic carbocycles. The second kappa shape index (κ2) is 7.44. The standard InChI is InChI=1S/C15H24FN/c1-4-8-13(9-5-2)17-12(3)14-10-6-7-11-15(14)16/h6-7,10-13,17H,4-5,8-9H2,1-3H3. The van der Waals surface area contributed by atoms with Crippen LogP contribution in [0.1, 0.15) is 58.1 Å². The van der Waals surface area contributed by atoms with Gasteiger partial charge in [-0.3, -0.25) is 0 Å². The zero-order valence-corrected chi connectivity index (χ0v) is 11.2. The molecule has 0 spiro atoms. The lowest BCUT2D eigenvalue weighted by Gasteiger charge is -2.23. The summed E-state index contributed by atoms with van der Waals surface area (Å²) in [5.74, 6) is -0.112. The van der Waals surface area contributed by atoms with Gasteiger partial charge in [-0.25, -0.2) is 4.39 Å². The first kappa shape index (κ1) is 14.2. The van der Waals surface area contributed by atoms with Gasteiger partial charge in [-0.05, 0) is 25.8 Å². The molecule has 0 radical (unpaired) electrons. The fourth-order valence-corrected chi connectivity index (χ4v) is 2.28. The highest BCUT2D eigenvalue weighted by molar-refractivity contribution is 5.20. The summed E-state index contributed by atoms with van der Waals surface area (Å²) in [5, 5.41) is 3.54. The zero-order valence-electron chi connectivity index (χ0n) is 11.2. The van der Waals surface area contributed by atoms with Gasteiger partial charge in [0.2, 0.25) is 0 Å². The monoisotopic (exact) mass is 237 g/mol. The molecule has 0 bridgehead atoms. The maximum Gasteiger partial charge on any atom is 0.127 e. The lowest BCUT2D eigenvalue weighted by molar-refractivity contribution is 0.395. The highest BCUT2D eigenvalue weighted by Crippen LogP contribution is 2.18. The first-order valence-corrected chi connectivity index (χ1v) is 6.69. The van der Waals surface area contributed by atoms with Crippen LogP contribution in [0, 0.1) is 5.82 Å². The Hall–Kier alpha value is -0.890. The minimum absolute atomic E-state index is 0.0827. The van der Waals surface area contributed by atoms with Gasteiger partial charge in [-0.2, -0.15) is 0 Å². The molecule has 0 aliphatic rings. The molecular weight excluding hydrogens is 213 g/mol. The van der Waals surface area contributed by atoms with Crippen LogP contribution in [0.2, 0.25) is 0 Å². The lowest BCUT2D eigenvalue weighted by Crippen LogP contribution is -2.31. The first-order valence-electron chi connectivity index (χ1n) is 6.69. The van der Waals surface area contributed by atoms with Crippen LogP contribution in [-0.4, -0.2) is 6.04 Å². The smallest absolute Gasteiger partial charge is 0.127 e. The fraction of sp³-hybridized carbons (Fsp3) is 0.600. The minimum Gasteiger partial charge on any atom is -0.307 e. The van der Waals surface area contributed by atoms with Gasteiger partial charge < -0.3 is 5.32 Å². The van der Waals surface area contributed by atoms with E-state index in [-0.39, 0.29) is 11.9 Å². The second-order valence-corrected chi connectivity index (χ2v) is 4.68. The van der Waals surface area contributed by atoms with Crippen LogP contribution in [0.5, 0.6) is 0 Å². The summed E-state index contributed by atoms with van der Waals surface area (Å²) in [7, 11) is 0. The van der Waals surface area contributed by atoms with Crippen molar-refractivity contribution < 1.29 is 4.39 Å². The summed E-state index contributed by atoms with van der Waals surface area (Å²) in [6.07, 6.45) is 4.66. The van der Waals surface area contributed by atoms with Crippen LogP contribution >= 0.6 is 0 Å². The minimum atomic E-state index is -0.112. The number of hydrogen-bond donors (Lipinski definition) is 1. The van der Waals surface area contributed by atoms with E-state index in [4.69, 9.17) is 0 Å². The van der Waals surface area contributed by atoms with Crippen LogP contribution in [0.25, 0.3) is 0 Å². The van der Waals surface area contributed by atoms with E-state index in [0.717, 1.165) is 18.4 Å². The average molecular weight is 237 g/mol. The van der Waals surface area contributed by atoms with Gasteiger partial charge >= 0.3 is 0 Å². The van der Waals surface area contributed by atoms with Gasteiger partial charge in [0.15, 0.2) is 0 Å². The molecule has 96 valence electrons. The summed E-state index contributed by atoms with van der Waals surface area (Å²) >= 11 is 0. The summed E-state index contributed by atoms with van der Waals surface area (Å²) in [6.45, 7) is 6.42. The van der Waals surface area contributed by atoms with Crippen molar-refractivity contribution in [3.63, 3.8) is 0 Å². The second-order valence-electron chi connectivity index (χ2n) is 4.68. The Morgan fingerprint density at radius 2 is 1.71 bits per heavy atom. The Morgan fingerprint density at radius 1 is 1.12 bits per heavy atom. The van der Waals surface area contributed by atoms with E-state index in [9.17, 15) is 4.39 Å². The zero-order chi connectivity index (χ0) is 12.7. The predicted molar refractivity (Wildman–Crippen MR) is 71.6 cm³/mol. The van der Waals surface area contributed by atoms with Gasteiger partial charge in [0.05, 0.1) is 0 Å². The summed E-state index contributed by atoms with van der Waals surface area (Å²) in [4.78, 5) is 0. The predicted octanol–water partition coefficient (Wildman–Crippen LogP) is 4.45. The van der Waals surface area contributed by atoms with E-state index >= 15 is 0 Å². The molecule has 1 rings (SSSR count). The molecule has 0 aliphatic carbocycles. The molecule has 0 heterocycles. The normalized spacial score (nSPS) is 13.0. The highest BCUT2D eigenvalue weighted by atomic mass is 19.1. The molecule has 0 aliphatic heterocycles. The van der Waals surface area contributed by atoms with E-state index in [1.54, 1.807) is 6.07 Å². The fourth-order valence-electron chi connectivity index (χ4n) is 2.28. The van der Waals surface area contributed by atoms with Crippen molar-refractivity contribution in [3.05, 3.63) is 35.6 Å². The van der Waals surface area contributed by atoms with Crippen molar-refractivity contribution in [2.75, 3.05) is 0 Å². The van der Waals surface area contributed by atoms with Crippen molar-refractivity contribution in [3.8, 4) is 0 Å². The molecule has 2 heteroatoms. The quantitative estimate of drug-likeness (QED) is 0.739. The Balaban J connectivity index is 2.63. The third kappa shape index (κ3) is 4.47. The van der Waals surface area contributed by atoms with Crippen molar-refractivity contribution in [2.45, 2.75) is 58.5 Å². The van der Waals surface area contributed by atoms with Crippen LogP contribution in [0.4, 0.5) is 4.39 Å². The molecule has 17 heavy (non-hydrogen) atoms. The Morgan fingerprint density at radius 3 is 2.24 bits per heavy atom. The molecular formula is C15H24FN. The Labute approximate surface area is 104 Å².